The fourth-order valence-corrected chi connectivity index (χ4v) is 4.85. The molecule has 0 rings (SSSR count). The molecule has 0 amide bonds. The third kappa shape index (κ3) is 29.2. The summed E-state index contributed by atoms with van der Waals surface area (Å²) in [6.45, 7) is 4.50. The van der Waals surface area contributed by atoms with Gasteiger partial charge in [0.15, 0.2) is 12.1 Å². The summed E-state index contributed by atoms with van der Waals surface area (Å²) in [4.78, 5) is 36.7. The molecule has 8 heteroatoms. The quantitative estimate of drug-likeness (QED) is 0.0343. The van der Waals surface area contributed by atoms with Crippen LogP contribution in [0, 0.1) is 0 Å². The number of hydrogen-bond acceptors (Lipinski definition) is 6. The number of quaternary nitrogens is 1. The van der Waals surface area contributed by atoms with Crippen LogP contribution < -0.4 is 0 Å². The number of carbonyl (C=O) groups is 3. The van der Waals surface area contributed by atoms with Gasteiger partial charge >= 0.3 is 17.9 Å². The molecule has 0 radical (unpaired) electrons. The van der Waals surface area contributed by atoms with E-state index >= 15 is 0 Å². The standard InChI is InChI=1S/C39H67NO7/c1-6-8-10-12-14-16-18-20-21-23-25-27-29-37(41)46-34-35(33-45-32-31-36(39(43)44)40(3,4)5)47-38(42)30-28-26-24-22-19-17-15-13-11-9-7-2/h8,10,13-16,20-21,35-36H,6-7,9,11-12,17-19,22-34H2,1-5H3/p+1/b10-8+,15-13+,16-14+,21-20+. The fourth-order valence-electron chi connectivity index (χ4n) is 4.85. The number of nitrogens with zero attached hydrogens (tertiary/aromatic N) is 1. The summed E-state index contributed by atoms with van der Waals surface area (Å²) in [6, 6.07) is -0.620. The molecule has 47 heavy (non-hydrogen) atoms. The smallest absolute Gasteiger partial charge is 0.362 e. The number of esters is 2. The van der Waals surface area contributed by atoms with Crippen LogP contribution in [0.3, 0.4) is 0 Å². The molecular formula is C39H68NO7+. The van der Waals surface area contributed by atoms with E-state index in [1.54, 1.807) is 0 Å². The van der Waals surface area contributed by atoms with E-state index in [9.17, 15) is 19.5 Å². The lowest BCUT2D eigenvalue weighted by molar-refractivity contribution is -0.887. The van der Waals surface area contributed by atoms with E-state index in [0.717, 1.165) is 77.0 Å². The molecule has 0 aliphatic rings. The number of rotatable bonds is 31. The van der Waals surface area contributed by atoms with Gasteiger partial charge in [0.2, 0.25) is 0 Å². The van der Waals surface area contributed by atoms with Crippen LogP contribution in [0.2, 0.25) is 0 Å². The first kappa shape index (κ1) is 44.3. The molecule has 0 aliphatic heterocycles. The van der Waals surface area contributed by atoms with E-state index in [1.165, 1.54) is 19.3 Å². The molecule has 0 fully saturated rings. The molecule has 0 aromatic heterocycles. The maximum Gasteiger partial charge on any atom is 0.362 e. The Kier molecular flexibility index (Phi) is 28.8. The highest BCUT2D eigenvalue weighted by molar-refractivity contribution is 5.72. The highest BCUT2D eigenvalue weighted by Gasteiger charge is 2.31. The topological polar surface area (TPSA) is 99.1 Å². The van der Waals surface area contributed by atoms with Gasteiger partial charge in [-0.2, -0.15) is 0 Å². The highest BCUT2D eigenvalue weighted by atomic mass is 16.6. The van der Waals surface area contributed by atoms with Crippen molar-refractivity contribution >= 4 is 17.9 Å². The molecule has 0 aromatic rings. The number of hydrogen-bond donors (Lipinski definition) is 1. The highest BCUT2D eigenvalue weighted by Crippen LogP contribution is 2.12. The van der Waals surface area contributed by atoms with E-state index in [-0.39, 0.29) is 36.2 Å². The average Bonchev–Trinajstić information content (AvgIpc) is 3.01. The van der Waals surface area contributed by atoms with Gasteiger partial charge in [-0.25, -0.2) is 4.79 Å². The van der Waals surface area contributed by atoms with E-state index in [2.05, 4.69) is 62.5 Å². The van der Waals surface area contributed by atoms with Crippen molar-refractivity contribution in [3.8, 4) is 0 Å². The number of likely N-dealkylation sites (N-methyl/N-ethyl adjacent to an activating group) is 1. The summed E-state index contributed by atoms with van der Waals surface area (Å²) in [5.74, 6) is -1.54. The molecule has 1 N–H and O–H groups in total. The number of carboxylic acid groups (broad SMARTS) is 1. The van der Waals surface area contributed by atoms with Crippen LogP contribution in [-0.2, 0) is 28.6 Å². The summed E-state index contributed by atoms with van der Waals surface area (Å²) >= 11 is 0. The number of carbonyl (C=O) groups excluding carboxylic acids is 2. The van der Waals surface area contributed by atoms with Crippen LogP contribution in [0.25, 0.3) is 0 Å². The Morgan fingerprint density at radius 2 is 1.19 bits per heavy atom. The number of aliphatic carboxylic acids is 1. The molecule has 2 unspecified atom stereocenters. The molecule has 0 aromatic carbocycles. The molecule has 270 valence electrons. The zero-order valence-corrected chi connectivity index (χ0v) is 30.5. The third-order valence-corrected chi connectivity index (χ3v) is 7.71. The van der Waals surface area contributed by atoms with Crippen LogP contribution in [0.5, 0.6) is 0 Å². The van der Waals surface area contributed by atoms with Crippen LogP contribution in [0.4, 0.5) is 0 Å². The third-order valence-electron chi connectivity index (χ3n) is 7.71. The second kappa shape index (κ2) is 30.6. The second-order valence-corrected chi connectivity index (χ2v) is 13.1. The lowest BCUT2D eigenvalue weighted by Crippen LogP contribution is -2.50. The van der Waals surface area contributed by atoms with Gasteiger partial charge in [0, 0.05) is 19.3 Å². The van der Waals surface area contributed by atoms with Crippen molar-refractivity contribution in [1.82, 2.24) is 0 Å². The van der Waals surface area contributed by atoms with Gasteiger partial charge in [-0.3, -0.25) is 9.59 Å². The Morgan fingerprint density at radius 3 is 1.83 bits per heavy atom. The molecular weight excluding hydrogens is 594 g/mol. The van der Waals surface area contributed by atoms with Crippen LogP contribution in [0.1, 0.15) is 129 Å². The fraction of sp³-hybridized carbons (Fsp3) is 0.718. The summed E-state index contributed by atoms with van der Waals surface area (Å²) < 4.78 is 17.1. The van der Waals surface area contributed by atoms with Gasteiger partial charge in [0.25, 0.3) is 0 Å². The van der Waals surface area contributed by atoms with Crippen LogP contribution >= 0.6 is 0 Å². The molecule has 0 saturated heterocycles. The monoisotopic (exact) mass is 662 g/mol. The Morgan fingerprint density at radius 1 is 0.660 bits per heavy atom. The van der Waals surface area contributed by atoms with Crippen LogP contribution in [0.15, 0.2) is 48.6 Å². The van der Waals surface area contributed by atoms with Crippen molar-refractivity contribution in [3.05, 3.63) is 48.6 Å². The van der Waals surface area contributed by atoms with Crippen molar-refractivity contribution in [2.45, 2.75) is 142 Å². The number of unbranched alkanes of at least 4 members (excludes halogenated alkanes) is 9. The van der Waals surface area contributed by atoms with Gasteiger partial charge < -0.3 is 23.8 Å². The minimum Gasteiger partial charge on any atom is -0.477 e. The van der Waals surface area contributed by atoms with Gasteiger partial charge in [-0.05, 0) is 64.2 Å². The summed E-state index contributed by atoms with van der Waals surface area (Å²) in [7, 11) is 5.49. The average molecular weight is 663 g/mol. The molecule has 0 saturated carbocycles. The first-order valence-electron chi connectivity index (χ1n) is 18.2. The van der Waals surface area contributed by atoms with E-state index < -0.39 is 18.1 Å². The lowest BCUT2D eigenvalue weighted by atomic mass is 10.1. The SMILES string of the molecule is CC/C=C/C/C=C/C/C=C/CCCCC(=O)OCC(COCCC(C(=O)O)[N+](C)(C)C)OC(=O)CCCCCCC/C=C/CCCC. The predicted octanol–water partition coefficient (Wildman–Crippen LogP) is 8.90. The largest absolute Gasteiger partial charge is 0.477 e. The number of ether oxygens (including phenoxy) is 3. The van der Waals surface area contributed by atoms with Crippen LogP contribution in [-0.4, -0.2) is 80.6 Å². The first-order valence-corrected chi connectivity index (χ1v) is 18.2. The summed E-state index contributed by atoms with van der Waals surface area (Å²) in [5.41, 5.74) is 0. The van der Waals surface area contributed by atoms with Crippen molar-refractivity contribution < 1.29 is 38.2 Å². The van der Waals surface area contributed by atoms with Crippen molar-refractivity contribution in [2.75, 3.05) is 41.0 Å². The van der Waals surface area contributed by atoms with Gasteiger partial charge in [0.1, 0.15) is 6.61 Å². The first-order chi connectivity index (χ1) is 22.6. The number of carboxylic acids is 1. The van der Waals surface area contributed by atoms with Gasteiger partial charge in [0.05, 0.1) is 34.4 Å². The molecule has 2 atom stereocenters. The zero-order valence-electron chi connectivity index (χ0n) is 30.5. The predicted molar refractivity (Wildman–Crippen MR) is 192 cm³/mol. The Hall–Kier alpha value is -2.71. The van der Waals surface area contributed by atoms with Gasteiger partial charge in [-0.15, -0.1) is 0 Å². The maximum atomic E-state index is 12.6. The number of allylic oxidation sites excluding steroid dienone is 8. The normalized spacial score (nSPS) is 13.6. The van der Waals surface area contributed by atoms with Crippen molar-refractivity contribution in [1.29, 1.82) is 0 Å². The van der Waals surface area contributed by atoms with Crippen molar-refractivity contribution in [2.24, 2.45) is 0 Å². The molecule has 0 aliphatic carbocycles. The maximum absolute atomic E-state index is 12.6. The molecule has 8 nitrogen and oxygen atoms in total. The van der Waals surface area contributed by atoms with E-state index in [4.69, 9.17) is 14.2 Å². The van der Waals surface area contributed by atoms with E-state index in [1.807, 2.05) is 21.1 Å². The zero-order chi connectivity index (χ0) is 35.0. The Labute approximate surface area is 286 Å². The Bertz CT molecular complexity index is 917. The summed E-state index contributed by atoms with van der Waals surface area (Å²) in [5, 5.41) is 9.56. The van der Waals surface area contributed by atoms with E-state index in [0.29, 0.717) is 19.3 Å². The van der Waals surface area contributed by atoms with Crippen molar-refractivity contribution in [3.63, 3.8) is 0 Å². The second-order valence-electron chi connectivity index (χ2n) is 13.1. The minimum atomic E-state index is -0.885. The minimum absolute atomic E-state index is 0.0441. The lowest BCUT2D eigenvalue weighted by Gasteiger charge is -2.31. The molecule has 0 heterocycles. The summed E-state index contributed by atoms with van der Waals surface area (Å²) in [6.07, 6.45) is 33.0. The Balaban J connectivity index is 4.54. The molecule has 0 bridgehead atoms. The molecule has 0 spiro atoms. The van der Waals surface area contributed by atoms with Gasteiger partial charge in [-0.1, -0.05) is 94.6 Å².